The number of hydrogen-bond donors (Lipinski definition) is 1. The van der Waals surface area contributed by atoms with Crippen molar-refractivity contribution in [2.24, 2.45) is 5.92 Å². The van der Waals surface area contributed by atoms with Gasteiger partial charge in [0.15, 0.2) is 0 Å². The second-order valence-corrected chi connectivity index (χ2v) is 8.30. The highest BCUT2D eigenvalue weighted by Crippen LogP contribution is 2.36. The SMILES string of the molecule is O=c1cc(N2CCO[C@@H](C3CC3)C2)nc(N2CCC[C@@H]2Cc2ccccc2)[nH]1. The smallest absolute Gasteiger partial charge is 0.254 e. The molecule has 0 radical (unpaired) electrons. The Labute approximate surface area is 165 Å². The van der Waals surface area contributed by atoms with Gasteiger partial charge >= 0.3 is 0 Å². The van der Waals surface area contributed by atoms with E-state index >= 15 is 0 Å². The van der Waals surface area contributed by atoms with Crippen LogP contribution in [0.1, 0.15) is 31.2 Å². The van der Waals surface area contributed by atoms with Crippen LogP contribution in [-0.2, 0) is 11.2 Å². The van der Waals surface area contributed by atoms with Gasteiger partial charge in [-0.3, -0.25) is 9.78 Å². The second-order valence-electron chi connectivity index (χ2n) is 8.30. The topological polar surface area (TPSA) is 61.5 Å². The zero-order valence-corrected chi connectivity index (χ0v) is 16.2. The summed E-state index contributed by atoms with van der Waals surface area (Å²) in [7, 11) is 0. The maximum absolute atomic E-state index is 12.4. The van der Waals surface area contributed by atoms with E-state index in [2.05, 4.69) is 45.1 Å². The number of morpholine rings is 1. The minimum absolute atomic E-state index is 0.0696. The number of aromatic amines is 1. The van der Waals surface area contributed by atoms with E-state index in [9.17, 15) is 4.79 Å². The van der Waals surface area contributed by atoms with Crippen LogP contribution >= 0.6 is 0 Å². The molecule has 6 nitrogen and oxygen atoms in total. The van der Waals surface area contributed by atoms with Crippen LogP contribution in [0.2, 0.25) is 0 Å². The average Bonchev–Trinajstić information content (AvgIpc) is 3.48. The van der Waals surface area contributed by atoms with Gasteiger partial charge in [-0.2, -0.15) is 4.98 Å². The summed E-state index contributed by atoms with van der Waals surface area (Å²) in [5.74, 6) is 2.20. The lowest BCUT2D eigenvalue weighted by molar-refractivity contribution is 0.0261. The molecule has 2 saturated heterocycles. The Balaban J connectivity index is 1.36. The highest BCUT2D eigenvalue weighted by atomic mass is 16.5. The van der Waals surface area contributed by atoms with E-state index in [-0.39, 0.29) is 11.7 Å². The molecule has 3 aliphatic rings. The molecule has 1 saturated carbocycles. The van der Waals surface area contributed by atoms with Crippen molar-refractivity contribution in [2.45, 2.75) is 44.2 Å². The summed E-state index contributed by atoms with van der Waals surface area (Å²) < 4.78 is 5.93. The van der Waals surface area contributed by atoms with Crippen molar-refractivity contribution in [1.29, 1.82) is 0 Å². The molecule has 0 spiro atoms. The number of hydrogen-bond acceptors (Lipinski definition) is 5. The van der Waals surface area contributed by atoms with E-state index < -0.39 is 0 Å². The molecule has 5 rings (SSSR count). The fourth-order valence-corrected chi connectivity index (χ4v) is 4.58. The van der Waals surface area contributed by atoms with Crippen LogP contribution in [0.3, 0.4) is 0 Å². The first-order valence-corrected chi connectivity index (χ1v) is 10.5. The summed E-state index contributed by atoms with van der Waals surface area (Å²) in [6.07, 6.45) is 6.06. The predicted molar refractivity (Wildman–Crippen MR) is 110 cm³/mol. The number of H-pyrrole nitrogens is 1. The molecule has 0 amide bonds. The normalized spacial score (nSPS) is 25.3. The minimum atomic E-state index is -0.0696. The first-order valence-electron chi connectivity index (χ1n) is 10.5. The number of aromatic nitrogens is 2. The summed E-state index contributed by atoms with van der Waals surface area (Å²) in [5.41, 5.74) is 1.26. The van der Waals surface area contributed by atoms with Gasteiger partial charge in [-0.15, -0.1) is 0 Å². The summed E-state index contributed by atoms with van der Waals surface area (Å²) in [5, 5.41) is 0. The van der Waals surface area contributed by atoms with Crippen LogP contribution in [0, 0.1) is 5.92 Å². The molecule has 3 fully saturated rings. The number of benzene rings is 1. The molecule has 1 aromatic heterocycles. The number of nitrogens with zero attached hydrogens (tertiary/aromatic N) is 3. The second kappa shape index (κ2) is 7.59. The van der Waals surface area contributed by atoms with Gasteiger partial charge in [-0.1, -0.05) is 30.3 Å². The number of nitrogens with one attached hydrogen (secondary N) is 1. The van der Waals surface area contributed by atoms with Crippen molar-refractivity contribution in [1.82, 2.24) is 9.97 Å². The van der Waals surface area contributed by atoms with Gasteiger partial charge in [-0.25, -0.2) is 0 Å². The Morgan fingerprint density at radius 3 is 2.82 bits per heavy atom. The number of ether oxygens (including phenoxy) is 1. The van der Waals surface area contributed by atoms with E-state index in [1.165, 1.54) is 18.4 Å². The van der Waals surface area contributed by atoms with Crippen molar-refractivity contribution in [3.63, 3.8) is 0 Å². The standard InChI is InChI=1S/C22H28N4O2/c27-21-14-20(25-11-12-28-19(15-25)17-8-9-17)23-22(24-21)26-10-4-7-18(26)13-16-5-2-1-3-6-16/h1-3,5-6,14,17-19H,4,7-13,15H2,(H,23,24,27)/t18-,19-/m1/s1. The van der Waals surface area contributed by atoms with Crippen molar-refractivity contribution in [3.05, 3.63) is 52.3 Å². The summed E-state index contributed by atoms with van der Waals surface area (Å²) in [6.45, 7) is 3.30. The van der Waals surface area contributed by atoms with Gasteiger partial charge in [0.25, 0.3) is 5.56 Å². The Kier molecular flexibility index (Phi) is 4.81. The van der Waals surface area contributed by atoms with Gasteiger partial charge < -0.3 is 14.5 Å². The van der Waals surface area contributed by atoms with E-state index in [1.54, 1.807) is 6.07 Å². The van der Waals surface area contributed by atoms with Crippen LogP contribution in [-0.4, -0.2) is 48.4 Å². The van der Waals surface area contributed by atoms with Crippen molar-refractivity contribution < 1.29 is 4.74 Å². The Hall–Kier alpha value is -2.34. The van der Waals surface area contributed by atoms with Gasteiger partial charge in [0.05, 0.1) is 12.7 Å². The minimum Gasteiger partial charge on any atom is -0.374 e. The molecule has 0 unspecified atom stereocenters. The zero-order valence-electron chi connectivity index (χ0n) is 16.2. The van der Waals surface area contributed by atoms with Gasteiger partial charge in [0, 0.05) is 31.7 Å². The molecule has 2 aromatic rings. The highest BCUT2D eigenvalue weighted by molar-refractivity contribution is 5.45. The van der Waals surface area contributed by atoms with E-state index in [0.717, 1.165) is 50.7 Å². The lowest BCUT2D eigenvalue weighted by atomic mass is 10.0. The average molecular weight is 380 g/mol. The third-order valence-corrected chi connectivity index (χ3v) is 6.24. The van der Waals surface area contributed by atoms with Gasteiger partial charge in [-0.05, 0) is 43.6 Å². The molecule has 28 heavy (non-hydrogen) atoms. The van der Waals surface area contributed by atoms with Crippen LogP contribution in [0.5, 0.6) is 0 Å². The van der Waals surface area contributed by atoms with Crippen LogP contribution < -0.4 is 15.4 Å². The van der Waals surface area contributed by atoms with E-state index in [1.807, 2.05) is 0 Å². The van der Waals surface area contributed by atoms with Crippen molar-refractivity contribution >= 4 is 11.8 Å². The van der Waals surface area contributed by atoms with Gasteiger partial charge in [0.1, 0.15) is 5.82 Å². The van der Waals surface area contributed by atoms with Gasteiger partial charge in [0.2, 0.25) is 5.95 Å². The third-order valence-electron chi connectivity index (χ3n) is 6.24. The molecule has 2 atom stereocenters. The Bertz CT molecular complexity index is 864. The van der Waals surface area contributed by atoms with Crippen LogP contribution in [0.25, 0.3) is 0 Å². The first-order chi connectivity index (χ1) is 13.8. The largest absolute Gasteiger partial charge is 0.374 e. The Morgan fingerprint density at radius 2 is 2.00 bits per heavy atom. The van der Waals surface area contributed by atoms with E-state index in [0.29, 0.717) is 18.6 Å². The third kappa shape index (κ3) is 3.78. The molecule has 148 valence electrons. The predicted octanol–water partition coefficient (Wildman–Crippen LogP) is 2.60. The highest BCUT2D eigenvalue weighted by Gasteiger charge is 2.36. The molecular weight excluding hydrogens is 352 g/mol. The molecule has 1 aromatic carbocycles. The monoisotopic (exact) mass is 380 g/mol. The maximum atomic E-state index is 12.4. The van der Waals surface area contributed by atoms with Crippen molar-refractivity contribution in [2.75, 3.05) is 36.0 Å². The lowest BCUT2D eigenvalue weighted by Gasteiger charge is -2.34. The fraction of sp³-hybridized carbons (Fsp3) is 0.545. The zero-order chi connectivity index (χ0) is 18.9. The molecular formula is C22H28N4O2. The first kappa shape index (κ1) is 17.7. The number of rotatable bonds is 5. The molecule has 2 aliphatic heterocycles. The molecule has 1 N–H and O–H groups in total. The fourth-order valence-electron chi connectivity index (χ4n) is 4.58. The number of anilines is 2. The van der Waals surface area contributed by atoms with E-state index in [4.69, 9.17) is 9.72 Å². The summed E-state index contributed by atoms with van der Waals surface area (Å²) >= 11 is 0. The molecule has 6 heteroatoms. The summed E-state index contributed by atoms with van der Waals surface area (Å²) in [6, 6.07) is 12.6. The van der Waals surface area contributed by atoms with Crippen LogP contribution in [0.15, 0.2) is 41.2 Å². The molecule has 3 heterocycles. The lowest BCUT2D eigenvalue weighted by Crippen LogP contribution is -2.44. The molecule has 1 aliphatic carbocycles. The molecule has 0 bridgehead atoms. The quantitative estimate of drug-likeness (QED) is 0.864. The summed E-state index contributed by atoms with van der Waals surface area (Å²) in [4.78, 5) is 24.8. The van der Waals surface area contributed by atoms with Crippen LogP contribution in [0.4, 0.5) is 11.8 Å². The Morgan fingerprint density at radius 1 is 1.14 bits per heavy atom. The maximum Gasteiger partial charge on any atom is 0.254 e. The van der Waals surface area contributed by atoms with Crippen molar-refractivity contribution in [3.8, 4) is 0 Å².